The molecule has 0 bridgehead atoms. The fraction of sp³-hybridized carbons (Fsp3) is 0.600. The van der Waals surface area contributed by atoms with E-state index in [1.54, 1.807) is 12.3 Å². The molecule has 102 valence electrons. The molecule has 0 aliphatic heterocycles. The number of rotatable bonds is 4. The topological polar surface area (TPSA) is 65.9 Å². The monoisotopic (exact) mass is 258 g/mol. The lowest BCUT2D eigenvalue weighted by atomic mass is 9.83. The SMILES string of the molecule is CCN(c1cnccc1C#N)C1CCCCC1CN. The largest absolute Gasteiger partial charge is 0.366 e. The van der Waals surface area contributed by atoms with Crippen LogP contribution in [-0.4, -0.2) is 24.1 Å². The maximum absolute atomic E-state index is 9.26. The Labute approximate surface area is 115 Å². The third kappa shape index (κ3) is 2.87. The summed E-state index contributed by atoms with van der Waals surface area (Å²) >= 11 is 0. The summed E-state index contributed by atoms with van der Waals surface area (Å²) in [7, 11) is 0. The molecule has 2 atom stereocenters. The van der Waals surface area contributed by atoms with Crippen LogP contribution in [0.4, 0.5) is 5.69 Å². The number of hydrogen-bond acceptors (Lipinski definition) is 4. The van der Waals surface area contributed by atoms with E-state index in [2.05, 4.69) is 22.9 Å². The van der Waals surface area contributed by atoms with Crippen molar-refractivity contribution in [3.63, 3.8) is 0 Å². The zero-order chi connectivity index (χ0) is 13.7. The number of nitriles is 1. The first-order valence-electron chi connectivity index (χ1n) is 7.12. The van der Waals surface area contributed by atoms with Gasteiger partial charge < -0.3 is 10.6 Å². The van der Waals surface area contributed by atoms with E-state index in [1.165, 1.54) is 19.3 Å². The predicted molar refractivity (Wildman–Crippen MR) is 76.8 cm³/mol. The van der Waals surface area contributed by atoms with E-state index in [-0.39, 0.29) is 0 Å². The average molecular weight is 258 g/mol. The molecule has 0 radical (unpaired) electrons. The standard InChI is InChI=1S/C15H22N4/c1-2-19(14-6-4-3-5-12(14)9-16)15-11-18-8-7-13(15)10-17/h7-8,11-12,14H,2-6,9,16H2,1H3. The summed E-state index contributed by atoms with van der Waals surface area (Å²) in [5.74, 6) is 0.528. The fourth-order valence-corrected chi connectivity index (χ4v) is 3.17. The highest BCUT2D eigenvalue weighted by molar-refractivity contribution is 5.58. The van der Waals surface area contributed by atoms with Crippen LogP contribution in [0.5, 0.6) is 0 Å². The quantitative estimate of drug-likeness (QED) is 0.900. The van der Waals surface area contributed by atoms with E-state index >= 15 is 0 Å². The van der Waals surface area contributed by atoms with Crippen molar-refractivity contribution in [1.82, 2.24) is 4.98 Å². The first kappa shape index (κ1) is 13.8. The fourth-order valence-electron chi connectivity index (χ4n) is 3.17. The van der Waals surface area contributed by atoms with Crippen molar-refractivity contribution in [2.45, 2.75) is 38.6 Å². The van der Waals surface area contributed by atoms with E-state index in [0.29, 0.717) is 17.5 Å². The Balaban J connectivity index is 2.30. The lowest BCUT2D eigenvalue weighted by Crippen LogP contribution is -2.45. The first-order valence-corrected chi connectivity index (χ1v) is 7.12. The van der Waals surface area contributed by atoms with E-state index in [1.807, 2.05) is 6.20 Å². The number of nitrogens with two attached hydrogens (primary N) is 1. The van der Waals surface area contributed by atoms with Crippen molar-refractivity contribution in [2.75, 3.05) is 18.0 Å². The third-order valence-corrected chi connectivity index (χ3v) is 4.14. The van der Waals surface area contributed by atoms with Gasteiger partial charge in [0.05, 0.1) is 17.4 Å². The van der Waals surface area contributed by atoms with Crippen LogP contribution in [0.25, 0.3) is 0 Å². The number of pyridine rings is 1. The minimum Gasteiger partial charge on any atom is -0.366 e. The van der Waals surface area contributed by atoms with Crippen LogP contribution >= 0.6 is 0 Å². The smallest absolute Gasteiger partial charge is 0.101 e. The van der Waals surface area contributed by atoms with Gasteiger partial charge >= 0.3 is 0 Å². The van der Waals surface area contributed by atoms with Gasteiger partial charge in [-0.25, -0.2) is 0 Å². The highest BCUT2D eigenvalue weighted by atomic mass is 15.2. The molecular weight excluding hydrogens is 236 g/mol. The van der Waals surface area contributed by atoms with Gasteiger partial charge in [0, 0.05) is 18.8 Å². The van der Waals surface area contributed by atoms with Crippen LogP contribution in [0.2, 0.25) is 0 Å². The molecule has 19 heavy (non-hydrogen) atoms. The minimum atomic E-state index is 0.444. The van der Waals surface area contributed by atoms with Gasteiger partial charge in [-0.3, -0.25) is 4.98 Å². The molecule has 0 amide bonds. The molecular formula is C15H22N4. The molecule has 1 saturated carbocycles. The molecule has 4 heteroatoms. The van der Waals surface area contributed by atoms with Crippen molar-refractivity contribution in [1.29, 1.82) is 5.26 Å². The van der Waals surface area contributed by atoms with Crippen LogP contribution in [0.1, 0.15) is 38.2 Å². The number of anilines is 1. The highest BCUT2D eigenvalue weighted by Crippen LogP contribution is 2.32. The Kier molecular flexibility index (Phi) is 4.75. The third-order valence-electron chi connectivity index (χ3n) is 4.14. The maximum atomic E-state index is 9.26. The molecule has 2 rings (SSSR count). The zero-order valence-corrected chi connectivity index (χ0v) is 11.5. The lowest BCUT2D eigenvalue weighted by Gasteiger charge is -2.40. The molecule has 2 unspecified atom stereocenters. The summed E-state index contributed by atoms with van der Waals surface area (Å²) in [6.07, 6.45) is 8.37. The minimum absolute atomic E-state index is 0.444. The molecule has 1 aromatic heterocycles. The zero-order valence-electron chi connectivity index (χ0n) is 11.5. The molecule has 2 N–H and O–H groups in total. The summed E-state index contributed by atoms with van der Waals surface area (Å²) in [5, 5.41) is 9.26. The molecule has 1 heterocycles. The van der Waals surface area contributed by atoms with Gasteiger partial charge in [-0.15, -0.1) is 0 Å². The summed E-state index contributed by atoms with van der Waals surface area (Å²) in [6.45, 7) is 3.75. The van der Waals surface area contributed by atoms with Gasteiger partial charge in [0.15, 0.2) is 0 Å². The summed E-state index contributed by atoms with van der Waals surface area (Å²) in [5.41, 5.74) is 7.59. The molecule has 0 spiro atoms. The lowest BCUT2D eigenvalue weighted by molar-refractivity contribution is 0.300. The van der Waals surface area contributed by atoms with E-state index in [4.69, 9.17) is 5.73 Å². The Morgan fingerprint density at radius 3 is 2.95 bits per heavy atom. The average Bonchev–Trinajstić information content (AvgIpc) is 2.49. The normalized spacial score (nSPS) is 22.8. The van der Waals surface area contributed by atoms with Gasteiger partial charge in [-0.05, 0) is 38.3 Å². The van der Waals surface area contributed by atoms with Crippen LogP contribution in [0.3, 0.4) is 0 Å². The van der Waals surface area contributed by atoms with Crippen molar-refractivity contribution in [2.24, 2.45) is 11.7 Å². The van der Waals surface area contributed by atoms with Crippen molar-refractivity contribution >= 4 is 5.69 Å². The van der Waals surface area contributed by atoms with Gasteiger partial charge in [-0.1, -0.05) is 12.8 Å². The predicted octanol–water partition coefficient (Wildman–Crippen LogP) is 2.30. The number of aromatic nitrogens is 1. The number of hydrogen-bond donors (Lipinski definition) is 1. The Morgan fingerprint density at radius 2 is 2.26 bits per heavy atom. The molecule has 0 aromatic carbocycles. The van der Waals surface area contributed by atoms with Crippen LogP contribution in [-0.2, 0) is 0 Å². The maximum Gasteiger partial charge on any atom is 0.101 e. The summed E-state index contributed by atoms with van der Waals surface area (Å²) < 4.78 is 0. The second-order valence-electron chi connectivity index (χ2n) is 5.14. The molecule has 4 nitrogen and oxygen atoms in total. The molecule has 1 aromatic rings. The van der Waals surface area contributed by atoms with E-state index in [9.17, 15) is 5.26 Å². The van der Waals surface area contributed by atoms with Gasteiger partial charge in [0.2, 0.25) is 0 Å². The van der Waals surface area contributed by atoms with E-state index in [0.717, 1.165) is 25.2 Å². The van der Waals surface area contributed by atoms with Gasteiger partial charge in [0.1, 0.15) is 6.07 Å². The van der Waals surface area contributed by atoms with E-state index < -0.39 is 0 Å². The molecule has 1 aliphatic rings. The van der Waals surface area contributed by atoms with Crippen LogP contribution < -0.4 is 10.6 Å². The second kappa shape index (κ2) is 6.53. The van der Waals surface area contributed by atoms with Crippen molar-refractivity contribution in [3.05, 3.63) is 24.0 Å². The summed E-state index contributed by atoms with van der Waals surface area (Å²) in [6, 6.07) is 4.50. The molecule has 1 aliphatic carbocycles. The summed E-state index contributed by atoms with van der Waals surface area (Å²) in [4.78, 5) is 6.51. The first-order chi connectivity index (χ1) is 9.31. The highest BCUT2D eigenvalue weighted by Gasteiger charge is 2.29. The Hall–Kier alpha value is -1.60. The molecule has 1 fully saturated rings. The Bertz CT molecular complexity index is 452. The van der Waals surface area contributed by atoms with Crippen LogP contribution in [0.15, 0.2) is 18.5 Å². The molecule has 0 saturated heterocycles. The van der Waals surface area contributed by atoms with Crippen LogP contribution in [0, 0.1) is 17.2 Å². The number of nitrogens with zero attached hydrogens (tertiary/aromatic N) is 3. The van der Waals surface area contributed by atoms with Crippen molar-refractivity contribution in [3.8, 4) is 6.07 Å². The van der Waals surface area contributed by atoms with Crippen molar-refractivity contribution < 1.29 is 0 Å². The van der Waals surface area contributed by atoms with Gasteiger partial charge in [-0.2, -0.15) is 5.26 Å². The second-order valence-corrected chi connectivity index (χ2v) is 5.14. The van der Waals surface area contributed by atoms with Gasteiger partial charge in [0.25, 0.3) is 0 Å². The Morgan fingerprint density at radius 1 is 1.47 bits per heavy atom.